The van der Waals surface area contributed by atoms with Gasteiger partial charge in [-0.3, -0.25) is 0 Å². The Morgan fingerprint density at radius 1 is 0.800 bits per heavy atom. The van der Waals surface area contributed by atoms with Crippen molar-refractivity contribution in [3.63, 3.8) is 0 Å². The lowest BCUT2D eigenvalue weighted by Crippen LogP contribution is -2.09. The Morgan fingerprint density at radius 2 is 1.47 bits per heavy atom. The summed E-state index contributed by atoms with van der Waals surface area (Å²) in [4.78, 5) is 0.115. The van der Waals surface area contributed by atoms with E-state index in [0.717, 1.165) is 16.8 Å². The third kappa shape index (κ3) is 4.72. The predicted octanol–water partition coefficient (Wildman–Crippen LogP) is 6.39. The van der Waals surface area contributed by atoms with Gasteiger partial charge in [-0.2, -0.15) is 18.6 Å². The first-order chi connectivity index (χ1) is 14.5. The molecule has 0 heterocycles. The van der Waals surface area contributed by atoms with Crippen molar-refractivity contribution >= 4 is 21.5 Å². The fourth-order valence-electron chi connectivity index (χ4n) is 3.01. The summed E-state index contributed by atoms with van der Waals surface area (Å²) in [6.07, 6.45) is 8.31. The van der Waals surface area contributed by atoms with Gasteiger partial charge in [0, 0.05) is 5.92 Å². The van der Waals surface area contributed by atoms with Gasteiger partial charge in [0.2, 0.25) is 0 Å². The van der Waals surface area contributed by atoms with Crippen LogP contribution in [0.3, 0.4) is 0 Å². The molecule has 30 heavy (non-hydrogen) atoms. The molecule has 0 aliphatic heterocycles. The number of hydrogen-bond donors (Lipinski definition) is 0. The van der Waals surface area contributed by atoms with Gasteiger partial charge in [-0.25, -0.2) is 0 Å². The summed E-state index contributed by atoms with van der Waals surface area (Å²) in [5, 5.41) is 8.52. The van der Waals surface area contributed by atoms with Crippen molar-refractivity contribution < 1.29 is 12.6 Å². The molecule has 0 atom stereocenters. The summed E-state index contributed by atoms with van der Waals surface area (Å²) in [6.45, 7) is 1.89. The average molecular weight is 417 g/mol. The van der Waals surface area contributed by atoms with Gasteiger partial charge in [-0.05, 0) is 61.0 Å². The molecule has 3 aromatic rings. The zero-order chi connectivity index (χ0) is 21.0. The molecule has 3 aromatic carbocycles. The van der Waals surface area contributed by atoms with Crippen molar-refractivity contribution in [2.45, 2.75) is 17.7 Å². The maximum absolute atomic E-state index is 12.4. The van der Waals surface area contributed by atoms with E-state index in [1.165, 1.54) is 12.1 Å². The fourth-order valence-corrected chi connectivity index (χ4v) is 3.94. The Kier molecular flexibility index (Phi) is 5.59. The second-order valence-corrected chi connectivity index (χ2v) is 8.48. The van der Waals surface area contributed by atoms with E-state index in [-0.39, 0.29) is 16.6 Å². The van der Waals surface area contributed by atoms with Crippen LogP contribution < -0.4 is 4.18 Å². The molecule has 1 aliphatic rings. The molecule has 0 spiro atoms. The number of benzene rings is 3. The molecule has 0 radical (unpaired) electrons. The maximum Gasteiger partial charge on any atom is 0.339 e. The molecule has 0 N–H and O–H groups in total. The van der Waals surface area contributed by atoms with E-state index in [0.29, 0.717) is 5.69 Å². The smallest absolute Gasteiger partial charge is 0.339 e. The number of allylic oxidation sites excluding steroid dienone is 4. The first-order valence-corrected chi connectivity index (χ1v) is 10.9. The van der Waals surface area contributed by atoms with Crippen molar-refractivity contribution in [2.75, 3.05) is 0 Å². The number of rotatable bonds is 6. The molecule has 150 valence electrons. The van der Waals surface area contributed by atoms with Gasteiger partial charge < -0.3 is 4.18 Å². The molecule has 5 nitrogen and oxygen atoms in total. The highest BCUT2D eigenvalue weighted by molar-refractivity contribution is 7.87. The monoisotopic (exact) mass is 416 g/mol. The minimum atomic E-state index is -3.88. The summed E-state index contributed by atoms with van der Waals surface area (Å²) in [7, 11) is -3.88. The summed E-state index contributed by atoms with van der Waals surface area (Å²) >= 11 is 0. The molecule has 0 unspecified atom stereocenters. The van der Waals surface area contributed by atoms with Gasteiger partial charge in [0.1, 0.15) is 10.6 Å². The zero-order valence-corrected chi connectivity index (χ0v) is 17.2. The summed E-state index contributed by atoms with van der Waals surface area (Å²) in [6, 6.07) is 20.9. The second-order valence-electron chi connectivity index (χ2n) is 6.93. The van der Waals surface area contributed by atoms with E-state index < -0.39 is 10.1 Å². The second kappa shape index (κ2) is 8.47. The van der Waals surface area contributed by atoms with Crippen molar-refractivity contribution in [1.29, 1.82) is 0 Å². The molecule has 0 amide bonds. The predicted molar refractivity (Wildman–Crippen MR) is 117 cm³/mol. The van der Waals surface area contributed by atoms with Gasteiger partial charge in [0.15, 0.2) is 0 Å². The average Bonchev–Trinajstić information content (AvgIpc) is 3.29. The molecule has 0 fully saturated rings. The summed E-state index contributed by atoms with van der Waals surface area (Å²) < 4.78 is 30.0. The zero-order valence-electron chi connectivity index (χ0n) is 16.3. The molecule has 0 saturated carbocycles. The van der Waals surface area contributed by atoms with E-state index in [9.17, 15) is 8.42 Å². The van der Waals surface area contributed by atoms with Gasteiger partial charge in [-0.1, -0.05) is 54.1 Å². The van der Waals surface area contributed by atoms with Crippen LogP contribution in [0.15, 0.2) is 112 Å². The lowest BCUT2D eigenvalue weighted by molar-refractivity contribution is 0.486. The Hall–Kier alpha value is -3.51. The minimum absolute atomic E-state index is 0.115. The number of aryl methyl sites for hydroxylation is 1. The lowest BCUT2D eigenvalue weighted by Gasteiger charge is -2.07. The number of nitrogens with zero attached hydrogens (tertiary/aromatic N) is 2. The van der Waals surface area contributed by atoms with Crippen LogP contribution in [-0.4, -0.2) is 8.42 Å². The van der Waals surface area contributed by atoms with Gasteiger partial charge in [0.05, 0.1) is 11.4 Å². The van der Waals surface area contributed by atoms with Crippen molar-refractivity contribution in [3.8, 4) is 5.75 Å². The quantitative estimate of drug-likeness (QED) is 0.345. The summed E-state index contributed by atoms with van der Waals surface area (Å²) in [5.74, 6) is 0.489. The van der Waals surface area contributed by atoms with Crippen molar-refractivity contribution in [1.82, 2.24) is 0 Å². The van der Waals surface area contributed by atoms with Gasteiger partial charge in [0.25, 0.3) is 0 Å². The third-order valence-electron chi connectivity index (χ3n) is 4.64. The minimum Gasteiger partial charge on any atom is -0.379 e. The molecule has 6 heteroatoms. The lowest BCUT2D eigenvalue weighted by atomic mass is 10.0. The molecular formula is C24H20N2O3S. The topological polar surface area (TPSA) is 68.1 Å². The third-order valence-corrected chi connectivity index (χ3v) is 5.90. The SMILES string of the molecule is Cc1ccc(S(=O)(=O)Oc2ccc(N=Nc3cccc(C4C=CC=C4)c3)cc2)cc1. The van der Waals surface area contributed by atoms with Gasteiger partial charge >= 0.3 is 10.1 Å². The van der Waals surface area contributed by atoms with Crippen LogP contribution in [0, 0.1) is 6.92 Å². The molecule has 1 aliphatic carbocycles. The van der Waals surface area contributed by atoms with Crippen molar-refractivity contribution in [3.05, 3.63) is 108 Å². The van der Waals surface area contributed by atoms with E-state index in [4.69, 9.17) is 4.18 Å². The standard InChI is InChI=1S/C24H20N2O3S/c1-18-9-15-24(16-10-18)30(27,28)29-23-13-11-21(12-14-23)25-26-22-8-4-7-20(17-22)19-5-2-3-6-19/h2-17,19H,1H3. The van der Waals surface area contributed by atoms with E-state index in [2.05, 4.69) is 28.4 Å². The van der Waals surface area contributed by atoms with Crippen LogP contribution in [0.5, 0.6) is 5.75 Å². The number of azo groups is 1. The first-order valence-electron chi connectivity index (χ1n) is 9.47. The summed E-state index contributed by atoms with van der Waals surface area (Å²) in [5.41, 5.74) is 3.48. The fraction of sp³-hybridized carbons (Fsp3) is 0.0833. The maximum atomic E-state index is 12.4. The Balaban J connectivity index is 1.45. The highest BCUT2D eigenvalue weighted by Crippen LogP contribution is 2.28. The van der Waals surface area contributed by atoms with Crippen LogP contribution >= 0.6 is 0 Å². The largest absolute Gasteiger partial charge is 0.379 e. The van der Waals surface area contributed by atoms with Gasteiger partial charge in [-0.15, -0.1) is 0 Å². The molecule has 0 saturated heterocycles. The van der Waals surface area contributed by atoms with E-state index in [1.54, 1.807) is 36.4 Å². The van der Waals surface area contributed by atoms with E-state index in [1.807, 2.05) is 37.3 Å². The van der Waals surface area contributed by atoms with Crippen LogP contribution in [0.1, 0.15) is 17.0 Å². The van der Waals surface area contributed by atoms with Crippen LogP contribution in [-0.2, 0) is 10.1 Å². The molecular weight excluding hydrogens is 396 g/mol. The highest BCUT2D eigenvalue weighted by atomic mass is 32.2. The Labute approximate surface area is 176 Å². The molecule has 4 rings (SSSR count). The first kappa shape index (κ1) is 19.8. The van der Waals surface area contributed by atoms with Crippen LogP contribution in [0.2, 0.25) is 0 Å². The van der Waals surface area contributed by atoms with E-state index >= 15 is 0 Å². The Bertz CT molecular complexity index is 1210. The van der Waals surface area contributed by atoms with Crippen LogP contribution in [0.25, 0.3) is 0 Å². The Morgan fingerprint density at radius 3 is 2.17 bits per heavy atom. The number of hydrogen-bond acceptors (Lipinski definition) is 5. The molecule has 0 bridgehead atoms. The molecule has 0 aromatic heterocycles. The van der Waals surface area contributed by atoms with Crippen LogP contribution in [0.4, 0.5) is 11.4 Å². The normalized spacial score (nSPS) is 13.9. The highest BCUT2D eigenvalue weighted by Gasteiger charge is 2.16. The van der Waals surface area contributed by atoms with Crippen molar-refractivity contribution in [2.24, 2.45) is 10.2 Å².